The van der Waals surface area contributed by atoms with Gasteiger partial charge in [0.1, 0.15) is 0 Å². The van der Waals surface area contributed by atoms with Crippen molar-refractivity contribution in [1.82, 2.24) is 0 Å². The van der Waals surface area contributed by atoms with Crippen LogP contribution >= 0.6 is 0 Å². The lowest BCUT2D eigenvalue weighted by Gasteiger charge is -2.37. The highest BCUT2D eigenvalue weighted by molar-refractivity contribution is 5.93. The summed E-state index contributed by atoms with van der Waals surface area (Å²) in [5.74, 6) is 0. The van der Waals surface area contributed by atoms with Gasteiger partial charge in [0.25, 0.3) is 0 Å². The molecule has 74 heavy (non-hydrogen) atoms. The molecule has 0 heterocycles. The van der Waals surface area contributed by atoms with Gasteiger partial charge in [0, 0.05) is 11.4 Å². The molecule has 0 aliphatic heterocycles. The molecular formula is C73H73N. The van der Waals surface area contributed by atoms with Crippen LogP contribution in [0.2, 0.25) is 0 Å². The third kappa shape index (κ3) is 7.39. The lowest BCUT2D eigenvalue weighted by Crippen LogP contribution is -2.29. The molecule has 11 rings (SSSR count). The molecule has 0 bridgehead atoms. The Morgan fingerprint density at radius 3 is 0.932 bits per heavy atom. The van der Waals surface area contributed by atoms with Crippen molar-refractivity contribution in [3.8, 4) is 22.3 Å². The number of fused-ring (bicyclic) bond motifs is 6. The van der Waals surface area contributed by atoms with Crippen molar-refractivity contribution in [3.05, 3.63) is 277 Å². The first-order valence-electron chi connectivity index (χ1n) is 26.9. The van der Waals surface area contributed by atoms with E-state index in [1.807, 2.05) is 0 Å². The molecule has 9 aromatic rings. The summed E-state index contributed by atoms with van der Waals surface area (Å²) in [6.07, 6.45) is 0. The molecular weight excluding hydrogens is 891 g/mol. The zero-order valence-electron chi connectivity index (χ0n) is 46.3. The fourth-order valence-electron chi connectivity index (χ4n) is 13.0. The number of nitrogens with zero attached hydrogens (tertiary/aromatic N) is 1. The van der Waals surface area contributed by atoms with Crippen LogP contribution in [0.15, 0.2) is 188 Å². The summed E-state index contributed by atoms with van der Waals surface area (Å²) in [4.78, 5) is 2.62. The number of anilines is 3. The van der Waals surface area contributed by atoms with Crippen molar-refractivity contribution >= 4 is 17.1 Å². The molecule has 0 aromatic heterocycles. The predicted molar refractivity (Wildman–Crippen MR) is 316 cm³/mol. The molecule has 1 nitrogen and oxygen atoms in total. The van der Waals surface area contributed by atoms with Crippen LogP contribution in [0.3, 0.4) is 0 Å². The molecule has 0 fully saturated rings. The van der Waals surface area contributed by atoms with Gasteiger partial charge in [-0.3, -0.25) is 0 Å². The molecule has 0 spiro atoms. The predicted octanol–water partition coefficient (Wildman–Crippen LogP) is 19.3. The molecule has 1 atom stereocenters. The summed E-state index contributed by atoms with van der Waals surface area (Å²) in [6, 6.07) is 73.1. The maximum atomic E-state index is 2.62. The Labute approximate surface area is 443 Å². The van der Waals surface area contributed by atoms with Crippen LogP contribution in [0, 0.1) is 34.6 Å². The molecule has 2 aliphatic carbocycles. The Hall–Kier alpha value is -7.22. The smallest absolute Gasteiger partial charge is 0.0714 e. The van der Waals surface area contributed by atoms with Gasteiger partial charge < -0.3 is 4.90 Å². The largest absolute Gasteiger partial charge is 0.310 e. The molecule has 0 N–H and O–H groups in total. The summed E-state index contributed by atoms with van der Waals surface area (Å²) in [7, 11) is 0. The van der Waals surface area contributed by atoms with E-state index in [2.05, 4.69) is 290 Å². The van der Waals surface area contributed by atoms with E-state index in [0.717, 1.165) is 11.4 Å². The van der Waals surface area contributed by atoms with Gasteiger partial charge in [-0.15, -0.1) is 0 Å². The van der Waals surface area contributed by atoms with E-state index in [9.17, 15) is 0 Å². The number of hydrogen-bond acceptors (Lipinski definition) is 1. The molecule has 1 unspecified atom stereocenters. The summed E-state index contributed by atoms with van der Waals surface area (Å²) in [6.45, 7) is 32.4. The summed E-state index contributed by atoms with van der Waals surface area (Å²) in [5.41, 5.74) is 28.5. The Bertz CT molecular complexity index is 3540. The van der Waals surface area contributed by atoms with E-state index in [1.165, 1.54) is 117 Å². The van der Waals surface area contributed by atoms with E-state index >= 15 is 0 Å². The molecule has 9 aromatic carbocycles. The van der Waals surface area contributed by atoms with Crippen LogP contribution in [0.1, 0.15) is 151 Å². The minimum Gasteiger partial charge on any atom is -0.310 e. The van der Waals surface area contributed by atoms with Crippen LogP contribution in [0.5, 0.6) is 0 Å². The van der Waals surface area contributed by atoms with Gasteiger partial charge in [0.2, 0.25) is 0 Å². The van der Waals surface area contributed by atoms with Crippen LogP contribution in [-0.2, 0) is 27.1 Å². The van der Waals surface area contributed by atoms with Gasteiger partial charge in [0.05, 0.1) is 16.5 Å². The van der Waals surface area contributed by atoms with Crippen molar-refractivity contribution < 1.29 is 0 Å². The second kappa shape index (κ2) is 17.4. The lowest BCUT2D eigenvalue weighted by atomic mass is 9.66. The van der Waals surface area contributed by atoms with Gasteiger partial charge in [-0.25, -0.2) is 0 Å². The maximum Gasteiger partial charge on any atom is 0.0714 e. The van der Waals surface area contributed by atoms with Crippen molar-refractivity contribution in [2.75, 3.05) is 4.90 Å². The van der Waals surface area contributed by atoms with E-state index in [0.29, 0.717) is 0 Å². The zero-order valence-corrected chi connectivity index (χ0v) is 46.3. The van der Waals surface area contributed by atoms with Crippen LogP contribution in [0.25, 0.3) is 22.3 Å². The van der Waals surface area contributed by atoms with E-state index in [1.54, 1.807) is 0 Å². The summed E-state index contributed by atoms with van der Waals surface area (Å²) < 4.78 is 0. The SMILES string of the molecule is Cc1c(C)c(C)c(N(c2ccc3c(c2)C(c2ccccc2)(c2ccc(C(C)(C)C)cc2)c2ccccc2-3)c2ccc3c(c2)C(c2ccc(C(C)(C)C)cc2)(c2ccc(C(C)(C)C)cc2)c2ccccc2-3)c(C)c1C. The maximum absolute atomic E-state index is 2.62. The molecule has 0 radical (unpaired) electrons. The number of rotatable bonds is 7. The minimum absolute atomic E-state index is 0.0183. The topological polar surface area (TPSA) is 3.24 Å². The summed E-state index contributed by atoms with van der Waals surface area (Å²) in [5, 5.41) is 0. The first kappa shape index (κ1) is 49.0. The van der Waals surface area contributed by atoms with Crippen molar-refractivity contribution in [1.29, 1.82) is 0 Å². The molecule has 0 saturated carbocycles. The van der Waals surface area contributed by atoms with Crippen molar-refractivity contribution in [2.24, 2.45) is 0 Å². The second-order valence-corrected chi connectivity index (χ2v) is 24.7. The first-order valence-corrected chi connectivity index (χ1v) is 26.9. The Kier molecular flexibility index (Phi) is 11.6. The molecule has 0 amide bonds. The lowest BCUT2D eigenvalue weighted by molar-refractivity contribution is 0.588. The van der Waals surface area contributed by atoms with Crippen LogP contribution in [-0.4, -0.2) is 0 Å². The zero-order chi connectivity index (χ0) is 52.3. The minimum atomic E-state index is -0.592. The summed E-state index contributed by atoms with van der Waals surface area (Å²) >= 11 is 0. The van der Waals surface area contributed by atoms with Gasteiger partial charge in [-0.1, -0.05) is 226 Å². The second-order valence-electron chi connectivity index (χ2n) is 24.7. The van der Waals surface area contributed by atoms with Crippen LogP contribution in [0.4, 0.5) is 17.1 Å². The highest BCUT2D eigenvalue weighted by Crippen LogP contribution is 2.60. The highest BCUT2D eigenvalue weighted by atomic mass is 15.1. The first-order chi connectivity index (χ1) is 35.2. The third-order valence-corrected chi connectivity index (χ3v) is 17.5. The van der Waals surface area contributed by atoms with E-state index in [4.69, 9.17) is 0 Å². The fourth-order valence-corrected chi connectivity index (χ4v) is 13.0. The third-order valence-electron chi connectivity index (χ3n) is 17.5. The van der Waals surface area contributed by atoms with Gasteiger partial charge in [-0.05, 0) is 186 Å². The van der Waals surface area contributed by atoms with Gasteiger partial charge >= 0.3 is 0 Å². The Balaban J connectivity index is 1.22. The molecule has 370 valence electrons. The Morgan fingerprint density at radius 2 is 0.581 bits per heavy atom. The standard InChI is InChI=1S/C73H73N/c1-46-47(2)49(4)68(50(5)48(46)3)74(58-40-42-62-60-24-18-20-26-64(60)72(66(62)44-58,54-22-16-15-17-23-54)55-34-28-51(29-35-55)69(6,7)8)59-41-43-63-61-25-19-21-27-65(61)73(67(63)45-59,56-36-30-52(31-37-56)70(9,10)11)57-38-32-53(33-39-57)71(12,13)14/h15-45H,1-14H3. The molecule has 0 saturated heterocycles. The molecule has 2 aliphatic rings. The quantitative estimate of drug-likeness (QED) is 0.154. The van der Waals surface area contributed by atoms with Crippen molar-refractivity contribution in [2.45, 2.75) is 124 Å². The normalized spacial score (nSPS) is 15.6. The fraction of sp³-hybridized carbons (Fsp3) is 0.260. The van der Waals surface area contributed by atoms with Gasteiger partial charge in [-0.2, -0.15) is 0 Å². The van der Waals surface area contributed by atoms with Gasteiger partial charge in [0.15, 0.2) is 0 Å². The van der Waals surface area contributed by atoms with E-state index < -0.39 is 10.8 Å². The average molecular weight is 964 g/mol. The van der Waals surface area contributed by atoms with Crippen LogP contribution < -0.4 is 4.90 Å². The Morgan fingerprint density at radius 1 is 0.284 bits per heavy atom. The highest BCUT2D eigenvalue weighted by Gasteiger charge is 2.49. The monoisotopic (exact) mass is 964 g/mol. The van der Waals surface area contributed by atoms with E-state index in [-0.39, 0.29) is 16.2 Å². The van der Waals surface area contributed by atoms with Crippen molar-refractivity contribution in [3.63, 3.8) is 0 Å². The average Bonchev–Trinajstić information content (AvgIpc) is 3.86. The number of hydrogen-bond donors (Lipinski definition) is 0. The number of benzene rings is 9. The molecule has 1 heteroatoms.